The van der Waals surface area contributed by atoms with E-state index >= 15 is 0 Å². The van der Waals surface area contributed by atoms with E-state index in [1.165, 1.54) is 0 Å². The average molecular weight is 305 g/mol. The summed E-state index contributed by atoms with van der Waals surface area (Å²) in [5.74, 6) is 0.703. The Bertz CT molecular complexity index is 629. The van der Waals surface area contributed by atoms with E-state index in [0.29, 0.717) is 0 Å². The summed E-state index contributed by atoms with van der Waals surface area (Å²) in [5.41, 5.74) is 5.40. The molecule has 1 aliphatic heterocycles. The molecule has 1 fully saturated rings. The van der Waals surface area contributed by atoms with Crippen molar-refractivity contribution >= 4 is 33.3 Å². The molecule has 21 heavy (non-hydrogen) atoms. The second-order valence-electron chi connectivity index (χ2n) is 5.33. The normalized spacial score (nSPS) is 19.7. The number of nitrogens with zero attached hydrogens (tertiary/aromatic N) is 3. The van der Waals surface area contributed by atoms with Crippen LogP contribution in [0.25, 0.3) is 10.2 Å². The molecule has 1 amide bonds. The van der Waals surface area contributed by atoms with Crippen LogP contribution in [0.2, 0.25) is 0 Å². The minimum absolute atomic E-state index is 0.00128. The zero-order valence-corrected chi connectivity index (χ0v) is 12.6. The van der Waals surface area contributed by atoms with Crippen LogP contribution in [-0.2, 0) is 4.79 Å². The molecule has 0 spiro atoms. The maximum Gasteiger partial charge on any atom is 0.221 e. The molecule has 0 saturated carbocycles. The fourth-order valence-electron chi connectivity index (χ4n) is 2.75. The van der Waals surface area contributed by atoms with Gasteiger partial charge < -0.3 is 16.0 Å². The van der Waals surface area contributed by atoms with Gasteiger partial charge in [-0.1, -0.05) is 0 Å². The number of carbonyl (C=O) groups is 1. The Morgan fingerprint density at radius 3 is 3.29 bits per heavy atom. The molecule has 6 nitrogen and oxygen atoms in total. The number of hydrogen-bond donors (Lipinski definition) is 2. The van der Waals surface area contributed by atoms with Crippen molar-refractivity contribution < 1.29 is 4.79 Å². The molecule has 0 radical (unpaired) electrons. The van der Waals surface area contributed by atoms with Gasteiger partial charge in [0.1, 0.15) is 17.0 Å². The molecule has 2 aromatic rings. The summed E-state index contributed by atoms with van der Waals surface area (Å²) >= 11 is 1.61. The Labute approximate surface area is 127 Å². The van der Waals surface area contributed by atoms with Crippen molar-refractivity contribution in [2.24, 2.45) is 11.7 Å². The third-order valence-corrected chi connectivity index (χ3v) is 4.71. The van der Waals surface area contributed by atoms with Crippen LogP contribution in [0.4, 0.5) is 5.82 Å². The first-order valence-corrected chi connectivity index (χ1v) is 8.06. The standard InChI is InChI=1S/C14H19N5OS/c15-12(20)10-2-1-5-19(8-10)6-4-16-13-11-3-7-21-14(11)18-9-17-13/h3,7,9-10H,1-2,4-6,8H2,(H2,15,20)(H,16,17,18). The molecular weight excluding hydrogens is 286 g/mol. The zero-order chi connectivity index (χ0) is 14.7. The van der Waals surface area contributed by atoms with E-state index in [1.54, 1.807) is 17.7 Å². The van der Waals surface area contributed by atoms with Crippen molar-refractivity contribution in [3.63, 3.8) is 0 Å². The van der Waals surface area contributed by atoms with Gasteiger partial charge in [-0.2, -0.15) is 0 Å². The molecular formula is C14H19N5OS. The van der Waals surface area contributed by atoms with Gasteiger partial charge in [0.15, 0.2) is 0 Å². The van der Waals surface area contributed by atoms with Crippen LogP contribution in [0.5, 0.6) is 0 Å². The van der Waals surface area contributed by atoms with Gasteiger partial charge in [0, 0.05) is 19.6 Å². The number of anilines is 1. The summed E-state index contributed by atoms with van der Waals surface area (Å²) in [7, 11) is 0. The first kappa shape index (κ1) is 14.2. The van der Waals surface area contributed by atoms with Crippen molar-refractivity contribution in [3.05, 3.63) is 17.8 Å². The number of hydrogen-bond acceptors (Lipinski definition) is 6. The molecule has 0 bridgehead atoms. The highest BCUT2D eigenvalue weighted by Crippen LogP contribution is 2.23. The molecule has 1 unspecified atom stereocenters. The SMILES string of the molecule is NC(=O)C1CCCN(CCNc2ncnc3sccc23)C1. The lowest BCUT2D eigenvalue weighted by Crippen LogP contribution is -2.42. The van der Waals surface area contributed by atoms with Crippen molar-refractivity contribution in [3.8, 4) is 0 Å². The van der Waals surface area contributed by atoms with Crippen molar-refractivity contribution in [1.29, 1.82) is 0 Å². The highest BCUT2D eigenvalue weighted by atomic mass is 32.1. The summed E-state index contributed by atoms with van der Waals surface area (Å²) in [5, 5.41) is 6.45. The molecule has 3 rings (SSSR count). The quantitative estimate of drug-likeness (QED) is 0.870. The molecule has 3 heterocycles. The second-order valence-corrected chi connectivity index (χ2v) is 6.23. The fraction of sp³-hybridized carbons (Fsp3) is 0.500. The molecule has 0 aliphatic carbocycles. The minimum Gasteiger partial charge on any atom is -0.369 e. The number of thiophene rings is 1. The average Bonchev–Trinajstić information content (AvgIpc) is 2.97. The van der Waals surface area contributed by atoms with Gasteiger partial charge in [-0.3, -0.25) is 4.79 Å². The van der Waals surface area contributed by atoms with E-state index in [2.05, 4.69) is 20.2 Å². The molecule has 1 aliphatic rings. The topological polar surface area (TPSA) is 84.1 Å². The van der Waals surface area contributed by atoms with Crippen LogP contribution in [0.1, 0.15) is 12.8 Å². The molecule has 0 aromatic carbocycles. The maximum atomic E-state index is 11.3. The predicted molar refractivity (Wildman–Crippen MR) is 84.3 cm³/mol. The first-order chi connectivity index (χ1) is 10.2. The van der Waals surface area contributed by atoms with Gasteiger partial charge in [-0.05, 0) is 30.8 Å². The molecule has 1 saturated heterocycles. The summed E-state index contributed by atoms with van der Waals surface area (Å²) in [6.07, 6.45) is 3.54. The maximum absolute atomic E-state index is 11.3. The summed E-state index contributed by atoms with van der Waals surface area (Å²) in [6, 6.07) is 2.03. The number of likely N-dealkylation sites (tertiary alicyclic amines) is 1. The number of primary amides is 1. The van der Waals surface area contributed by atoms with Gasteiger partial charge in [0.2, 0.25) is 5.91 Å². The number of nitrogens with two attached hydrogens (primary N) is 1. The Hall–Kier alpha value is -1.73. The summed E-state index contributed by atoms with van der Waals surface area (Å²) < 4.78 is 0. The molecule has 112 valence electrons. The van der Waals surface area contributed by atoms with E-state index in [1.807, 2.05) is 11.4 Å². The number of amides is 1. The van der Waals surface area contributed by atoms with E-state index in [4.69, 9.17) is 5.73 Å². The smallest absolute Gasteiger partial charge is 0.221 e. The van der Waals surface area contributed by atoms with Gasteiger partial charge >= 0.3 is 0 Å². The Morgan fingerprint density at radius 2 is 2.43 bits per heavy atom. The lowest BCUT2D eigenvalue weighted by atomic mass is 9.97. The number of fused-ring (bicyclic) bond motifs is 1. The van der Waals surface area contributed by atoms with Crippen LogP contribution < -0.4 is 11.1 Å². The number of rotatable bonds is 5. The van der Waals surface area contributed by atoms with Crippen LogP contribution in [-0.4, -0.2) is 47.0 Å². The molecule has 2 aromatic heterocycles. The van der Waals surface area contributed by atoms with Crippen molar-refractivity contribution in [1.82, 2.24) is 14.9 Å². The Morgan fingerprint density at radius 1 is 1.52 bits per heavy atom. The van der Waals surface area contributed by atoms with E-state index < -0.39 is 0 Å². The third kappa shape index (κ3) is 3.30. The van der Waals surface area contributed by atoms with E-state index in [0.717, 1.165) is 55.1 Å². The number of aromatic nitrogens is 2. The predicted octanol–water partition coefficient (Wildman–Crippen LogP) is 1.30. The van der Waals surface area contributed by atoms with Crippen molar-refractivity contribution in [2.75, 3.05) is 31.5 Å². The third-order valence-electron chi connectivity index (χ3n) is 3.89. The second kappa shape index (κ2) is 6.36. The monoisotopic (exact) mass is 305 g/mol. The summed E-state index contributed by atoms with van der Waals surface area (Å²) in [6.45, 7) is 3.49. The van der Waals surface area contributed by atoms with Crippen LogP contribution in [0.3, 0.4) is 0 Å². The first-order valence-electron chi connectivity index (χ1n) is 7.18. The number of carbonyl (C=O) groups excluding carboxylic acids is 1. The largest absolute Gasteiger partial charge is 0.369 e. The van der Waals surface area contributed by atoms with Crippen molar-refractivity contribution in [2.45, 2.75) is 12.8 Å². The van der Waals surface area contributed by atoms with E-state index in [9.17, 15) is 4.79 Å². The lowest BCUT2D eigenvalue weighted by Gasteiger charge is -2.31. The highest BCUT2D eigenvalue weighted by Gasteiger charge is 2.23. The molecule has 7 heteroatoms. The van der Waals surface area contributed by atoms with Gasteiger partial charge in [0.25, 0.3) is 0 Å². The molecule has 1 atom stereocenters. The van der Waals surface area contributed by atoms with Crippen LogP contribution >= 0.6 is 11.3 Å². The molecule has 3 N–H and O–H groups in total. The fourth-order valence-corrected chi connectivity index (χ4v) is 3.49. The van der Waals surface area contributed by atoms with E-state index in [-0.39, 0.29) is 11.8 Å². The van der Waals surface area contributed by atoms with Gasteiger partial charge in [-0.25, -0.2) is 9.97 Å². The number of nitrogens with one attached hydrogen (secondary N) is 1. The van der Waals surface area contributed by atoms with Crippen LogP contribution in [0, 0.1) is 5.92 Å². The Balaban J connectivity index is 1.54. The highest BCUT2D eigenvalue weighted by molar-refractivity contribution is 7.16. The lowest BCUT2D eigenvalue weighted by molar-refractivity contribution is -0.123. The van der Waals surface area contributed by atoms with Crippen LogP contribution in [0.15, 0.2) is 17.8 Å². The van der Waals surface area contributed by atoms with Gasteiger partial charge in [0.05, 0.1) is 11.3 Å². The zero-order valence-electron chi connectivity index (χ0n) is 11.8. The van der Waals surface area contributed by atoms with Gasteiger partial charge in [-0.15, -0.1) is 11.3 Å². The Kier molecular flexibility index (Phi) is 4.31. The minimum atomic E-state index is -0.177. The number of piperidine rings is 1. The summed E-state index contributed by atoms with van der Waals surface area (Å²) in [4.78, 5) is 23.1.